The van der Waals surface area contributed by atoms with Crippen LogP contribution < -0.4 is 10.1 Å². The summed E-state index contributed by atoms with van der Waals surface area (Å²) in [4.78, 5) is 27.7. The molecular formula is C24H30ClN3O5S. The number of halogens is 1. The highest BCUT2D eigenvalue weighted by Crippen LogP contribution is 2.30. The Morgan fingerprint density at radius 2 is 1.82 bits per heavy atom. The fourth-order valence-corrected chi connectivity index (χ4v) is 5.65. The van der Waals surface area contributed by atoms with Crippen LogP contribution in [0.5, 0.6) is 5.75 Å². The number of hydrogen-bond acceptors (Lipinski definition) is 5. The first kappa shape index (κ1) is 26.0. The first-order valence-electron chi connectivity index (χ1n) is 11.2. The third-order valence-electron chi connectivity index (χ3n) is 5.94. The van der Waals surface area contributed by atoms with Crippen molar-refractivity contribution in [3.63, 3.8) is 0 Å². The number of rotatable bonds is 8. The van der Waals surface area contributed by atoms with Gasteiger partial charge in [-0.15, -0.1) is 0 Å². The Bertz CT molecular complexity index is 1130. The second-order valence-electron chi connectivity index (χ2n) is 8.04. The van der Waals surface area contributed by atoms with Gasteiger partial charge < -0.3 is 15.0 Å². The lowest BCUT2D eigenvalue weighted by Crippen LogP contribution is -2.43. The van der Waals surface area contributed by atoms with Crippen LogP contribution in [0.15, 0.2) is 47.4 Å². The van der Waals surface area contributed by atoms with E-state index in [1.54, 1.807) is 43.0 Å². The molecule has 184 valence electrons. The van der Waals surface area contributed by atoms with Crippen LogP contribution in [0.3, 0.4) is 0 Å². The number of benzene rings is 2. The van der Waals surface area contributed by atoms with Crippen molar-refractivity contribution >= 4 is 39.1 Å². The average Bonchev–Trinajstić information content (AvgIpc) is 2.84. The van der Waals surface area contributed by atoms with Crippen LogP contribution in [0.25, 0.3) is 0 Å². The Morgan fingerprint density at radius 1 is 1.15 bits per heavy atom. The van der Waals surface area contributed by atoms with E-state index < -0.39 is 15.9 Å². The second kappa shape index (κ2) is 11.2. The number of carbonyl (C=O) groups excluding carboxylic acids is 2. The van der Waals surface area contributed by atoms with Gasteiger partial charge in [0.1, 0.15) is 5.75 Å². The molecule has 0 aromatic heterocycles. The van der Waals surface area contributed by atoms with E-state index in [9.17, 15) is 18.0 Å². The van der Waals surface area contributed by atoms with Crippen molar-refractivity contribution in [1.82, 2.24) is 9.21 Å². The van der Waals surface area contributed by atoms with E-state index in [0.717, 1.165) is 0 Å². The first-order chi connectivity index (χ1) is 16.2. The minimum absolute atomic E-state index is 0.0792. The summed E-state index contributed by atoms with van der Waals surface area (Å²) in [5.74, 6) is -0.516. The van der Waals surface area contributed by atoms with E-state index in [1.807, 2.05) is 0 Å². The molecule has 2 amide bonds. The van der Waals surface area contributed by atoms with E-state index in [2.05, 4.69) is 5.32 Å². The lowest BCUT2D eigenvalue weighted by Gasteiger charge is -2.32. The van der Waals surface area contributed by atoms with Crippen molar-refractivity contribution in [2.24, 2.45) is 5.92 Å². The molecule has 2 aromatic carbocycles. The van der Waals surface area contributed by atoms with Crippen LogP contribution in [0.2, 0.25) is 5.02 Å². The quantitative estimate of drug-likeness (QED) is 0.585. The van der Waals surface area contributed by atoms with Gasteiger partial charge in [0, 0.05) is 36.8 Å². The van der Waals surface area contributed by atoms with Gasteiger partial charge in [-0.05, 0) is 55.3 Å². The fourth-order valence-electron chi connectivity index (χ4n) is 4.04. The fraction of sp³-hybridized carbons (Fsp3) is 0.417. The minimum atomic E-state index is -3.70. The number of hydrogen-bond donors (Lipinski definition) is 1. The van der Waals surface area contributed by atoms with Gasteiger partial charge in [-0.3, -0.25) is 9.59 Å². The molecule has 3 rings (SSSR count). The summed E-state index contributed by atoms with van der Waals surface area (Å²) in [7, 11) is -2.24. The number of likely N-dealkylation sites (tertiary alicyclic amines) is 1. The van der Waals surface area contributed by atoms with E-state index in [4.69, 9.17) is 16.3 Å². The van der Waals surface area contributed by atoms with Gasteiger partial charge in [0.15, 0.2) is 0 Å². The Morgan fingerprint density at radius 3 is 2.44 bits per heavy atom. The van der Waals surface area contributed by atoms with Gasteiger partial charge in [-0.25, -0.2) is 8.42 Å². The molecule has 1 aliphatic heterocycles. The summed E-state index contributed by atoms with van der Waals surface area (Å²) in [6.45, 7) is 5.05. The van der Waals surface area contributed by atoms with Gasteiger partial charge >= 0.3 is 0 Å². The summed E-state index contributed by atoms with van der Waals surface area (Å²) in [6.07, 6.45) is 1.31. The normalized spacial score (nSPS) is 16.4. The largest absolute Gasteiger partial charge is 0.495 e. The van der Waals surface area contributed by atoms with Crippen LogP contribution in [0.1, 0.15) is 37.0 Å². The predicted molar refractivity (Wildman–Crippen MR) is 132 cm³/mol. The lowest BCUT2D eigenvalue weighted by atomic mass is 9.96. The highest BCUT2D eigenvalue weighted by atomic mass is 35.5. The van der Waals surface area contributed by atoms with Crippen molar-refractivity contribution in [1.29, 1.82) is 0 Å². The molecule has 1 heterocycles. The van der Waals surface area contributed by atoms with E-state index in [0.29, 0.717) is 48.8 Å². The smallest absolute Gasteiger partial charge is 0.253 e. The number of sulfonamides is 1. The summed E-state index contributed by atoms with van der Waals surface area (Å²) in [5.41, 5.74) is 0.795. The van der Waals surface area contributed by atoms with Crippen molar-refractivity contribution in [3.05, 3.63) is 53.1 Å². The topological polar surface area (TPSA) is 96.0 Å². The molecule has 0 radical (unpaired) electrons. The van der Waals surface area contributed by atoms with Gasteiger partial charge in [-0.2, -0.15) is 4.31 Å². The van der Waals surface area contributed by atoms with Crippen LogP contribution in [-0.2, 0) is 14.8 Å². The number of carbonyl (C=O) groups is 2. The monoisotopic (exact) mass is 507 g/mol. The zero-order valence-corrected chi connectivity index (χ0v) is 21.2. The minimum Gasteiger partial charge on any atom is -0.495 e. The molecule has 1 N–H and O–H groups in total. The zero-order chi connectivity index (χ0) is 24.9. The third kappa shape index (κ3) is 5.71. The highest BCUT2D eigenvalue weighted by Gasteiger charge is 2.30. The van der Waals surface area contributed by atoms with Crippen molar-refractivity contribution in [2.75, 3.05) is 38.6 Å². The van der Waals surface area contributed by atoms with Gasteiger partial charge in [0.2, 0.25) is 15.9 Å². The predicted octanol–water partition coefficient (Wildman–Crippen LogP) is 3.87. The molecule has 10 heteroatoms. The molecule has 2 aromatic rings. The van der Waals surface area contributed by atoms with Crippen LogP contribution in [0, 0.1) is 5.92 Å². The standard InChI is InChI=1S/C24H30ClN3O5S/c1-4-28(5-2)34(31,32)20-12-13-22(33-3)21(15-20)26-23(29)18-7-6-14-27(16-18)24(30)17-8-10-19(25)11-9-17/h8-13,15,18H,4-7,14,16H2,1-3H3,(H,26,29). The highest BCUT2D eigenvalue weighted by molar-refractivity contribution is 7.89. The summed E-state index contributed by atoms with van der Waals surface area (Å²) in [6, 6.07) is 11.1. The SMILES string of the molecule is CCN(CC)S(=O)(=O)c1ccc(OC)c(NC(=O)C2CCCN(C(=O)c3ccc(Cl)cc3)C2)c1. The van der Waals surface area contributed by atoms with Gasteiger partial charge in [-0.1, -0.05) is 25.4 Å². The Hall–Kier alpha value is -2.62. The second-order valence-corrected chi connectivity index (χ2v) is 10.4. The molecular weight excluding hydrogens is 478 g/mol. The molecule has 0 bridgehead atoms. The van der Waals surface area contributed by atoms with Crippen molar-refractivity contribution < 1.29 is 22.7 Å². The number of anilines is 1. The number of amides is 2. The zero-order valence-electron chi connectivity index (χ0n) is 19.6. The summed E-state index contributed by atoms with van der Waals surface area (Å²) >= 11 is 5.91. The molecule has 0 aliphatic carbocycles. The van der Waals surface area contributed by atoms with Crippen molar-refractivity contribution in [2.45, 2.75) is 31.6 Å². The van der Waals surface area contributed by atoms with E-state index >= 15 is 0 Å². The molecule has 8 nitrogen and oxygen atoms in total. The first-order valence-corrected chi connectivity index (χ1v) is 13.1. The molecule has 0 saturated carbocycles. The maximum Gasteiger partial charge on any atom is 0.253 e. The maximum atomic E-state index is 13.1. The van der Waals surface area contributed by atoms with Gasteiger partial charge in [0.25, 0.3) is 5.91 Å². The molecule has 34 heavy (non-hydrogen) atoms. The number of nitrogens with one attached hydrogen (secondary N) is 1. The summed E-state index contributed by atoms with van der Waals surface area (Å²) in [5, 5.41) is 3.37. The molecule has 1 saturated heterocycles. The lowest BCUT2D eigenvalue weighted by molar-refractivity contribution is -0.121. The Labute approximate surface area is 205 Å². The van der Waals surface area contributed by atoms with Gasteiger partial charge in [0.05, 0.1) is 23.6 Å². The number of piperidine rings is 1. The Kier molecular flexibility index (Phi) is 8.57. The van der Waals surface area contributed by atoms with Crippen LogP contribution in [-0.4, -0.2) is 62.7 Å². The molecule has 1 atom stereocenters. The molecule has 1 aliphatic rings. The molecule has 1 unspecified atom stereocenters. The van der Waals surface area contributed by atoms with E-state index in [-0.39, 0.29) is 28.9 Å². The van der Waals surface area contributed by atoms with Crippen molar-refractivity contribution in [3.8, 4) is 5.75 Å². The number of nitrogens with zero attached hydrogens (tertiary/aromatic N) is 2. The molecule has 0 spiro atoms. The Balaban J connectivity index is 1.77. The number of ether oxygens (including phenoxy) is 1. The van der Waals surface area contributed by atoms with E-state index in [1.165, 1.54) is 29.6 Å². The van der Waals surface area contributed by atoms with Crippen LogP contribution in [0.4, 0.5) is 5.69 Å². The third-order valence-corrected chi connectivity index (χ3v) is 8.24. The summed E-state index contributed by atoms with van der Waals surface area (Å²) < 4.78 is 32.5. The number of methoxy groups -OCH3 is 1. The van der Waals surface area contributed by atoms with Crippen LogP contribution >= 0.6 is 11.6 Å². The molecule has 1 fully saturated rings. The maximum absolute atomic E-state index is 13.1. The average molecular weight is 508 g/mol.